The number of carbonyl (C=O) groups is 2. The molecule has 1 aromatic heterocycles. The van der Waals surface area contributed by atoms with Crippen LogP contribution in [0.3, 0.4) is 0 Å². The number of ketones is 1. The number of ether oxygens (including phenoxy) is 1. The molecule has 0 radical (unpaired) electrons. The summed E-state index contributed by atoms with van der Waals surface area (Å²) in [5.74, 6) is -1.21. The lowest BCUT2D eigenvalue weighted by molar-refractivity contribution is -0.384. The van der Waals surface area contributed by atoms with Gasteiger partial charge in [-0.2, -0.15) is 0 Å². The summed E-state index contributed by atoms with van der Waals surface area (Å²) in [6.07, 6.45) is 2.32. The summed E-state index contributed by atoms with van der Waals surface area (Å²) >= 11 is 3.41. The number of aliphatic hydroxyl groups excluding tert-OH is 1. The van der Waals surface area contributed by atoms with Gasteiger partial charge in [0.15, 0.2) is 0 Å². The van der Waals surface area contributed by atoms with E-state index in [1.165, 1.54) is 29.2 Å². The number of fused-ring (bicyclic) bond motifs is 1. The number of likely N-dealkylation sites (tertiary alicyclic amines) is 1. The zero-order valence-electron chi connectivity index (χ0n) is 20.2. The standard InChI is InChI=1S/C28H22BrN3O6/c1-38-21-10-11-23-22(14-21)18(15-30-23)12-13-31-25(16-2-6-19(29)7-3-16)24(27(34)28(31)35)26(33)17-4-8-20(9-5-17)32(36)37/h2-11,14-15,25,30,33H,12-13H2,1H3/t25-/m0/s1. The molecule has 10 heteroatoms. The summed E-state index contributed by atoms with van der Waals surface area (Å²) in [4.78, 5) is 41.7. The molecule has 2 heterocycles. The predicted molar refractivity (Wildman–Crippen MR) is 145 cm³/mol. The first-order chi connectivity index (χ1) is 18.3. The van der Waals surface area contributed by atoms with Gasteiger partial charge in [-0.3, -0.25) is 19.7 Å². The number of nitro benzene ring substituents is 1. The van der Waals surface area contributed by atoms with Crippen molar-refractivity contribution in [1.29, 1.82) is 0 Å². The van der Waals surface area contributed by atoms with Gasteiger partial charge in [0, 0.05) is 45.8 Å². The molecule has 9 nitrogen and oxygen atoms in total. The van der Waals surface area contributed by atoms with E-state index in [0.717, 1.165) is 20.9 Å². The number of benzene rings is 3. The molecule has 1 fully saturated rings. The van der Waals surface area contributed by atoms with Crippen LogP contribution in [-0.4, -0.2) is 45.3 Å². The Bertz CT molecular complexity index is 1590. The number of halogens is 1. The Morgan fingerprint density at radius 3 is 2.47 bits per heavy atom. The summed E-state index contributed by atoms with van der Waals surface area (Å²) in [6.45, 7) is 0.215. The second-order valence-corrected chi connectivity index (χ2v) is 9.74. The SMILES string of the molecule is COc1ccc2[nH]cc(CCN3C(=O)C(=O)C(=C(O)c4ccc([N+](=O)[O-])cc4)[C@@H]3c3ccc(Br)cc3)c2c1. The number of carbonyl (C=O) groups excluding carboxylic acids is 2. The fourth-order valence-corrected chi connectivity index (χ4v) is 5.00. The van der Waals surface area contributed by atoms with E-state index in [1.807, 2.05) is 24.4 Å². The van der Waals surface area contributed by atoms with E-state index in [9.17, 15) is 24.8 Å². The Labute approximate surface area is 225 Å². The van der Waals surface area contributed by atoms with Crippen molar-refractivity contribution in [3.05, 3.63) is 110 Å². The summed E-state index contributed by atoms with van der Waals surface area (Å²) in [6, 6.07) is 17.2. The number of methoxy groups -OCH3 is 1. The van der Waals surface area contributed by atoms with Gasteiger partial charge in [0.05, 0.1) is 23.6 Å². The molecule has 1 amide bonds. The molecule has 0 bridgehead atoms. The number of H-pyrrole nitrogens is 1. The van der Waals surface area contributed by atoms with E-state index in [4.69, 9.17) is 4.74 Å². The maximum absolute atomic E-state index is 13.3. The van der Waals surface area contributed by atoms with Crippen LogP contribution >= 0.6 is 15.9 Å². The van der Waals surface area contributed by atoms with Gasteiger partial charge in [0.2, 0.25) is 0 Å². The van der Waals surface area contributed by atoms with Crippen molar-refractivity contribution in [1.82, 2.24) is 9.88 Å². The number of non-ortho nitro benzene ring substituents is 1. The van der Waals surface area contributed by atoms with Gasteiger partial charge in [0.1, 0.15) is 11.5 Å². The molecular weight excluding hydrogens is 554 g/mol. The number of aliphatic hydroxyl groups is 1. The van der Waals surface area contributed by atoms with Crippen molar-refractivity contribution < 1.29 is 24.4 Å². The molecule has 3 aromatic carbocycles. The quantitative estimate of drug-likeness (QED) is 0.0983. The van der Waals surface area contributed by atoms with Crippen LogP contribution in [-0.2, 0) is 16.0 Å². The molecule has 2 N–H and O–H groups in total. The molecule has 0 aliphatic carbocycles. The van der Waals surface area contributed by atoms with Gasteiger partial charge >= 0.3 is 0 Å². The first-order valence-electron chi connectivity index (χ1n) is 11.7. The maximum atomic E-state index is 13.3. The van der Waals surface area contributed by atoms with Crippen LogP contribution in [0.4, 0.5) is 5.69 Å². The lowest BCUT2D eigenvalue weighted by Crippen LogP contribution is -2.31. The van der Waals surface area contributed by atoms with Crippen LogP contribution in [0.1, 0.15) is 22.7 Å². The minimum absolute atomic E-state index is 0.0632. The third-order valence-electron chi connectivity index (χ3n) is 6.67. The van der Waals surface area contributed by atoms with E-state index in [0.29, 0.717) is 17.7 Å². The fraction of sp³-hybridized carbons (Fsp3) is 0.143. The van der Waals surface area contributed by atoms with E-state index in [2.05, 4.69) is 20.9 Å². The maximum Gasteiger partial charge on any atom is 0.295 e. The normalized spacial score (nSPS) is 16.8. The molecule has 5 rings (SSSR count). The highest BCUT2D eigenvalue weighted by molar-refractivity contribution is 9.10. The number of amides is 1. The molecular formula is C28H22BrN3O6. The number of hydrogen-bond acceptors (Lipinski definition) is 6. The number of nitrogens with one attached hydrogen (secondary N) is 1. The second-order valence-electron chi connectivity index (χ2n) is 8.82. The van der Waals surface area contributed by atoms with Crippen LogP contribution in [0, 0.1) is 10.1 Å². The number of aromatic amines is 1. The van der Waals surface area contributed by atoms with Crippen molar-refractivity contribution in [2.75, 3.05) is 13.7 Å². The molecule has 1 aliphatic rings. The van der Waals surface area contributed by atoms with Gasteiger partial charge < -0.3 is 19.7 Å². The van der Waals surface area contributed by atoms with Crippen molar-refractivity contribution in [3.63, 3.8) is 0 Å². The number of Topliss-reactive ketones (excluding diaryl/α,β-unsaturated/α-hetero) is 1. The van der Waals surface area contributed by atoms with Crippen molar-refractivity contribution in [3.8, 4) is 5.75 Å². The lowest BCUT2D eigenvalue weighted by Gasteiger charge is -2.25. The molecule has 4 aromatic rings. The van der Waals surface area contributed by atoms with E-state index in [1.54, 1.807) is 31.4 Å². The predicted octanol–water partition coefficient (Wildman–Crippen LogP) is 5.51. The highest BCUT2D eigenvalue weighted by atomic mass is 79.9. The van der Waals surface area contributed by atoms with Crippen LogP contribution in [0.15, 0.2) is 83.0 Å². The second kappa shape index (κ2) is 10.1. The zero-order chi connectivity index (χ0) is 27.0. The van der Waals surface area contributed by atoms with Gasteiger partial charge in [-0.05, 0) is 60.0 Å². The summed E-state index contributed by atoms with van der Waals surface area (Å²) in [7, 11) is 1.59. The van der Waals surface area contributed by atoms with Gasteiger partial charge in [-0.15, -0.1) is 0 Å². The molecule has 1 saturated heterocycles. The monoisotopic (exact) mass is 575 g/mol. The smallest absolute Gasteiger partial charge is 0.295 e. The van der Waals surface area contributed by atoms with Crippen molar-refractivity contribution >= 4 is 50.0 Å². The Morgan fingerprint density at radius 2 is 1.82 bits per heavy atom. The van der Waals surface area contributed by atoms with E-state index < -0.39 is 22.7 Å². The Hall–Kier alpha value is -4.44. The van der Waals surface area contributed by atoms with Crippen LogP contribution in [0.25, 0.3) is 16.7 Å². The molecule has 1 atom stereocenters. The summed E-state index contributed by atoms with van der Waals surface area (Å²) < 4.78 is 6.17. The highest BCUT2D eigenvalue weighted by Crippen LogP contribution is 2.40. The Kier molecular flexibility index (Phi) is 6.73. The summed E-state index contributed by atoms with van der Waals surface area (Å²) in [5, 5.41) is 23.2. The number of aromatic nitrogens is 1. The first-order valence-corrected chi connectivity index (χ1v) is 12.5. The van der Waals surface area contributed by atoms with Crippen LogP contribution in [0.5, 0.6) is 5.75 Å². The van der Waals surface area contributed by atoms with Crippen molar-refractivity contribution in [2.24, 2.45) is 0 Å². The fourth-order valence-electron chi connectivity index (χ4n) is 4.73. The van der Waals surface area contributed by atoms with E-state index in [-0.39, 0.29) is 29.1 Å². The molecule has 1 aliphatic heterocycles. The topological polar surface area (TPSA) is 126 Å². The minimum atomic E-state index is -0.835. The Balaban J connectivity index is 1.54. The van der Waals surface area contributed by atoms with Crippen molar-refractivity contribution in [2.45, 2.75) is 12.5 Å². The Morgan fingerprint density at radius 1 is 1.11 bits per heavy atom. The molecule has 192 valence electrons. The highest BCUT2D eigenvalue weighted by Gasteiger charge is 2.45. The third-order valence-corrected chi connectivity index (χ3v) is 7.20. The molecule has 0 spiro atoms. The number of nitro groups is 1. The van der Waals surface area contributed by atoms with Crippen LogP contribution < -0.4 is 4.74 Å². The van der Waals surface area contributed by atoms with Gasteiger partial charge in [-0.1, -0.05) is 28.1 Å². The van der Waals surface area contributed by atoms with Gasteiger partial charge in [0.25, 0.3) is 17.4 Å². The minimum Gasteiger partial charge on any atom is -0.507 e. The average molecular weight is 576 g/mol. The van der Waals surface area contributed by atoms with E-state index >= 15 is 0 Å². The zero-order valence-corrected chi connectivity index (χ0v) is 21.8. The number of rotatable bonds is 7. The van der Waals surface area contributed by atoms with Crippen LogP contribution in [0.2, 0.25) is 0 Å². The first kappa shape index (κ1) is 25.2. The lowest BCUT2D eigenvalue weighted by atomic mass is 9.95. The average Bonchev–Trinajstić information content (AvgIpc) is 3.44. The summed E-state index contributed by atoms with van der Waals surface area (Å²) in [5.41, 5.74) is 2.51. The molecule has 38 heavy (non-hydrogen) atoms. The number of hydrogen-bond donors (Lipinski definition) is 2. The molecule has 0 unspecified atom stereocenters. The third kappa shape index (κ3) is 4.54. The largest absolute Gasteiger partial charge is 0.507 e. The molecule has 0 saturated carbocycles. The van der Waals surface area contributed by atoms with Gasteiger partial charge in [-0.25, -0.2) is 0 Å². The number of nitrogens with zero attached hydrogens (tertiary/aromatic N) is 2.